The molecule has 1 heterocycles. The molecule has 1 aliphatic rings. The fourth-order valence-corrected chi connectivity index (χ4v) is 4.56. The summed E-state index contributed by atoms with van der Waals surface area (Å²) >= 11 is 6.22. The number of ether oxygens (including phenoxy) is 2. The molecule has 1 N–H and O–H groups in total. The second-order valence-electron chi connectivity index (χ2n) is 8.16. The van der Waals surface area contributed by atoms with Crippen molar-refractivity contribution in [2.24, 2.45) is 0 Å². The molecule has 34 heavy (non-hydrogen) atoms. The molecule has 1 unspecified atom stereocenters. The van der Waals surface area contributed by atoms with Gasteiger partial charge in [-0.15, -0.1) is 0 Å². The highest BCUT2D eigenvalue weighted by atomic mass is 35.5. The maximum atomic E-state index is 13.5. The SMILES string of the molecule is CC[NH+](CC)CCCN1C(=O)C(=O)C(=C([O-])c2ccc(OC)c(Cl)c2)C1c1ccc(OC)cc1. The predicted molar refractivity (Wildman–Crippen MR) is 129 cm³/mol. The number of ketones is 1. The van der Waals surface area contributed by atoms with Crippen molar-refractivity contribution < 1.29 is 29.1 Å². The quantitative estimate of drug-likeness (QED) is 0.315. The van der Waals surface area contributed by atoms with E-state index in [0.29, 0.717) is 23.6 Å². The van der Waals surface area contributed by atoms with E-state index < -0.39 is 23.5 Å². The zero-order valence-electron chi connectivity index (χ0n) is 20.0. The minimum Gasteiger partial charge on any atom is -0.872 e. The first-order valence-electron chi connectivity index (χ1n) is 11.4. The Morgan fingerprint density at radius 3 is 2.29 bits per heavy atom. The molecule has 2 aromatic carbocycles. The van der Waals surface area contributed by atoms with Gasteiger partial charge in [0.25, 0.3) is 5.91 Å². The van der Waals surface area contributed by atoms with E-state index in [1.165, 1.54) is 23.0 Å². The lowest BCUT2D eigenvalue weighted by Gasteiger charge is -2.28. The lowest BCUT2D eigenvalue weighted by molar-refractivity contribution is -0.896. The van der Waals surface area contributed by atoms with Crippen LogP contribution >= 0.6 is 11.6 Å². The molecule has 182 valence electrons. The summed E-state index contributed by atoms with van der Waals surface area (Å²) in [5, 5.41) is 13.8. The number of likely N-dealkylation sites (tertiary alicyclic amines) is 1. The molecular weight excluding hydrogens is 456 g/mol. The maximum absolute atomic E-state index is 13.5. The predicted octanol–water partition coefficient (Wildman–Crippen LogP) is 1.90. The van der Waals surface area contributed by atoms with Gasteiger partial charge >= 0.3 is 0 Å². The Labute approximate surface area is 205 Å². The molecule has 0 aliphatic carbocycles. The highest BCUT2D eigenvalue weighted by molar-refractivity contribution is 6.46. The van der Waals surface area contributed by atoms with E-state index in [9.17, 15) is 14.7 Å². The molecule has 3 rings (SSSR count). The van der Waals surface area contributed by atoms with Crippen LogP contribution in [0, 0.1) is 0 Å². The number of hydrogen-bond acceptors (Lipinski definition) is 5. The van der Waals surface area contributed by atoms with Gasteiger partial charge in [0.15, 0.2) is 0 Å². The summed E-state index contributed by atoms with van der Waals surface area (Å²) in [4.78, 5) is 29.1. The topological polar surface area (TPSA) is 83.3 Å². The van der Waals surface area contributed by atoms with Crippen molar-refractivity contribution in [1.82, 2.24) is 4.90 Å². The number of halogens is 1. The van der Waals surface area contributed by atoms with Crippen LogP contribution in [0.5, 0.6) is 11.5 Å². The van der Waals surface area contributed by atoms with Gasteiger partial charge in [0.1, 0.15) is 11.5 Å². The van der Waals surface area contributed by atoms with Crippen molar-refractivity contribution in [1.29, 1.82) is 0 Å². The Kier molecular flexibility index (Phi) is 8.58. The number of carbonyl (C=O) groups excluding carboxylic acids is 2. The summed E-state index contributed by atoms with van der Waals surface area (Å²) in [7, 11) is 3.04. The van der Waals surface area contributed by atoms with Crippen LogP contribution in [-0.2, 0) is 9.59 Å². The fourth-order valence-electron chi connectivity index (χ4n) is 4.30. The molecule has 0 saturated carbocycles. The summed E-state index contributed by atoms with van der Waals surface area (Å²) in [6.07, 6.45) is 0.721. The average molecular weight is 487 g/mol. The van der Waals surface area contributed by atoms with Crippen LogP contribution in [0.2, 0.25) is 5.02 Å². The van der Waals surface area contributed by atoms with Crippen LogP contribution in [-0.4, -0.2) is 57.0 Å². The van der Waals surface area contributed by atoms with Crippen LogP contribution in [0.15, 0.2) is 48.0 Å². The molecule has 1 aliphatic heterocycles. The summed E-state index contributed by atoms with van der Waals surface area (Å²) in [6, 6.07) is 10.9. The number of carbonyl (C=O) groups is 2. The van der Waals surface area contributed by atoms with Crippen molar-refractivity contribution in [3.05, 3.63) is 64.2 Å². The van der Waals surface area contributed by atoms with Gasteiger partial charge in [0.2, 0.25) is 5.78 Å². The van der Waals surface area contributed by atoms with Crippen molar-refractivity contribution >= 4 is 29.1 Å². The average Bonchev–Trinajstić information content (AvgIpc) is 3.11. The molecule has 0 radical (unpaired) electrons. The van der Waals surface area contributed by atoms with Gasteiger partial charge < -0.3 is 24.4 Å². The van der Waals surface area contributed by atoms with E-state index in [1.807, 2.05) is 0 Å². The van der Waals surface area contributed by atoms with Crippen LogP contribution in [0.4, 0.5) is 0 Å². The Morgan fingerprint density at radius 1 is 1.06 bits per heavy atom. The molecule has 0 spiro atoms. The smallest absolute Gasteiger partial charge is 0.295 e. The standard InChI is InChI=1S/C26H31ClN2O5/c1-5-28(6-2)14-7-15-29-23(17-8-11-19(33-3)12-9-17)22(25(31)26(29)32)24(30)18-10-13-21(34-4)20(27)16-18/h8-13,16,23,30H,5-7,14-15H2,1-4H3. The first-order chi connectivity index (χ1) is 16.4. The number of nitrogens with one attached hydrogen (secondary N) is 1. The third-order valence-corrected chi connectivity index (χ3v) is 6.60. The summed E-state index contributed by atoms with van der Waals surface area (Å²) in [5.74, 6) is -0.873. The van der Waals surface area contributed by atoms with Crippen molar-refractivity contribution in [3.8, 4) is 11.5 Å². The van der Waals surface area contributed by atoms with Crippen molar-refractivity contribution in [2.75, 3.05) is 40.4 Å². The molecule has 1 amide bonds. The number of Topliss-reactive ketones (excluding diaryl/α,β-unsaturated/α-hetero) is 1. The fraction of sp³-hybridized carbons (Fsp3) is 0.385. The van der Waals surface area contributed by atoms with Crippen molar-refractivity contribution in [2.45, 2.75) is 26.3 Å². The number of quaternary nitrogens is 1. The van der Waals surface area contributed by atoms with E-state index in [1.54, 1.807) is 43.5 Å². The molecule has 0 bridgehead atoms. The van der Waals surface area contributed by atoms with E-state index in [0.717, 1.165) is 26.1 Å². The van der Waals surface area contributed by atoms with Gasteiger partial charge in [-0.2, -0.15) is 0 Å². The second-order valence-corrected chi connectivity index (χ2v) is 8.56. The third-order valence-electron chi connectivity index (χ3n) is 6.30. The van der Waals surface area contributed by atoms with Gasteiger partial charge in [-0.3, -0.25) is 9.59 Å². The third kappa shape index (κ3) is 5.21. The molecule has 8 heteroatoms. The van der Waals surface area contributed by atoms with Crippen LogP contribution in [0.1, 0.15) is 37.4 Å². The Morgan fingerprint density at radius 2 is 1.74 bits per heavy atom. The molecule has 1 saturated heterocycles. The minimum atomic E-state index is -0.772. The van der Waals surface area contributed by atoms with E-state index >= 15 is 0 Å². The molecule has 1 atom stereocenters. The lowest BCUT2D eigenvalue weighted by Crippen LogP contribution is -3.11. The maximum Gasteiger partial charge on any atom is 0.295 e. The molecule has 7 nitrogen and oxygen atoms in total. The second kappa shape index (κ2) is 11.4. The van der Waals surface area contributed by atoms with Gasteiger partial charge in [0, 0.05) is 18.5 Å². The number of methoxy groups -OCH3 is 2. The molecule has 0 aromatic heterocycles. The molecular formula is C26H31ClN2O5. The molecule has 2 aromatic rings. The van der Waals surface area contributed by atoms with Gasteiger partial charge in [-0.1, -0.05) is 35.6 Å². The summed E-state index contributed by atoms with van der Waals surface area (Å²) in [6.45, 7) is 7.46. The highest BCUT2D eigenvalue weighted by Crippen LogP contribution is 2.40. The summed E-state index contributed by atoms with van der Waals surface area (Å²) < 4.78 is 10.4. The Bertz CT molecular complexity index is 1060. The number of amides is 1. The van der Waals surface area contributed by atoms with E-state index in [2.05, 4.69) is 13.8 Å². The highest BCUT2D eigenvalue weighted by Gasteiger charge is 2.44. The lowest BCUT2D eigenvalue weighted by atomic mass is 9.95. The Balaban J connectivity index is 2.05. The first-order valence-corrected chi connectivity index (χ1v) is 11.8. The number of hydrogen-bond donors (Lipinski definition) is 1. The van der Waals surface area contributed by atoms with Crippen LogP contribution in [0.25, 0.3) is 5.76 Å². The monoisotopic (exact) mass is 486 g/mol. The van der Waals surface area contributed by atoms with Crippen LogP contribution in [0.3, 0.4) is 0 Å². The van der Waals surface area contributed by atoms with Gasteiger partial charge in [-0.05, 0) is 49.2 Å². The number of benzene rings is 2. The summed E-state index contributed by atoms with van der Waals surface area (Å²) in [5.41, 5.74) is 0.847. The number of rotatable bonds is 10. The largest absolute Gasteiger partial charge is 0.872 e. The zero-order chi connectivity index (χ0) is 24.8. The Hall–Kier alpha value is -3.03. The first kappa shape index (κ1) is 25.6. The minimum absolute atomic E-state index is 0.0633. The van der Waals surface area contributed by atoms with Gasteiger partial charge in [-0.25, -0.2) is 0 Å². The van der Waals surface area contributed by atoms with E-state index in [4.69, 9.17) is 21.1 Å². The zero-order valence-corrected chi connectivity index (χ0v) is 20.8. The number of nitrogens with zero attached hydrogens (tertiary/aromatic N) is 1. The van der Waals surface area contributed by atoms with Gasteiger partial charge in [0.05, 0.1) is 44.9 Å². The van der Waals surface area contributed by atoms with E-state index in [-0.39, 0.29) is 16.2 Å². The molecule has 1 fully saturated rings. The van der Waals surface area contributed by atoms with Crippen molar-refractivity contribution in [3.63, 3.8) is 0 Å². The van der Waals surface area contributed by atoms with Crippen LogP contribution < -0.4 is 19.5 Å². The normalized spacial score (nSPS) is 17.5.